The number of nitrogens with zero attached hydrogens (tertiary/aromatic N) is 9. The number of ether oxygens (including phenoxy) is 1. The van der Waals surface area contributed by atoms with Crippen molar-refractivity contribution in [1.82, 2.24) is 44.6 Å². The number of hydrogen-bond donors (Lipinski definition) is 3. The van der Waals surface area contributed by atoms with Crippen LogP contribution in [0.2, 0.25) is 0 Å². The van der Waals surface area contributed by atoms with Crippen LogP contribution >= 0.6 is 0 Å². The molecule has 38 heavy (non-hydrogen) atoms. The van der Waals surface area contributed by atoms with Crippen molar-refractivity contribution < 1.29 is 13.5 Å². The molecule has 0 radical (unpaired) electrons. The molecule has 0 spiro atoms. The van der Waals surface area contributed by atoms with Gasteiger partial charge in [0.1, 0.15) is 24.5 Å². The summed E-state index contributed by atoms with van der Waals surface area (Å²) in [5.41, 5.74) is 6.61. The maximum Gasteiger partial charge on any atom is 0.259 e. The first-order valence-corrected chi connectivity index (χ1v) is 12.0. The molecule has 1 aromatic carbocycles. The first-order valence-electron chi connectivity index (χ1n) is 12.0. The molecule has 6 rings (SSSR count). The largest absolute Gasteiger partial charge is 0.486 e. The van der Waals surface area contributed by atoms with E-state index < -0.39 is 0 Å². The standard InChI is InChI=1S/C23H25FN12O2/c24-16-12-15(38-13-19-27-14-28-32-19)3-4-17(16)35-9-7-34(8-10-35)6-5-26-22-30-21(25)36-23(31-22)29-20(33-36)18-2-1-11-37-18/h1-4,11-12,14H,5-10,13H2,(H,27,28,32)(H3,25,26,29,30,31,33). The summed E-state index contributed by atoms with van der Waals surface area (Å²) in [6, 6.07) is 8.44. The highest BCUT2D eigenvalue weighted by molar-refractivity contribution is 5.53. The van der Waals surface area contributed by atoms with Gasteiger partial charge in [-0.15, -0.1) is 15.3 Å². The third-order valence-corrected chi connectivity index (χ3v) is 6.16. The van der Waals surface area contributed by atoms with Gasteiger partial charge in [-0.2, -0.15) is 19.5 Å². The Morgan fingerprint density at radius 3 is 2.79 bits per heavy atom. The smallest absolute Gasteiger partial charge is 0.259 e. The number of benzene rings is 1. The Kier molecular flexibility index (Phi) is 6.39. The fourth-order valence-electron chi connectivity index (χ4n) is 4.22. The number of hydrogen-bond acceptors (Lipinski definition) is 12. The van der Waals surface area contributed by atoms with E-state index in [4.69, 9.17) is 14.9 Å². The Morgan fingerprint density at radius 1 is 1.13 bits per heavy atom. The second kappa shape index (κ2) is 10.3. The van der Waals surface area contributed by atoms with Gasteiger partial charge in [-0.05, 0) is 24.3 Å². The number of aromatic amines is 1. The number of halogens is 1. The third kappa shape index (κ3) is 5.04. The molecule has 0 amide bonds. The summed E-state index contributed by atoms with van der Waals surface area (Å²) in [6.07, 6.45) is 3.02. The van der Waals surface area contributed by atoms with E-state index in [1.54, 1.807) is 30.5 Å². The average molecular weight is 521 g/mol. The zero-order chi connectivity index (χ0) is 25.9. The molecule has 4 aromatic heterocycles. The molecule has 1 saturated heterocycles. The fraction of sp³-hybridized carbons (Fsp3) is 0.304. The number of piperazine rings is 1. The highest BCUT2D eigenvalue weighted by atomic mass is 19.1. The molecule has 196 valence electrons. The molecule has 0 unspecified atom stereocenters. The van der Waals surface area contributed by atoms with Crippen molar-refractivity contribution in [2.45, 2.75) is 6.61 Å². The van der Waals surface area contributed by atoms with Gasteiger partial charge < -0.3 is 30.1 Å². The number of aromatic nitrogens is 8. The van der Waals surface area contributed by atoms with E-state index in [0.717, 1.165) is 19.6 Å². The van der Waals surface area contributed by atoms with Crippen LogP contribution in [0.25, 0.3) is 17.4 Å². The van der Waals surface area contributed by atoms with Gasteiger partial charge in [0.05, 0.1) is 12.0 Å². The molecule has 15 heteroatoms. The number of anilines is 3. The minimum absolute atomic E-state index is 0.174. The van der Waals surface area contributed by atoms with Crippen LogP contribution in [0.5, 0.6) is 5.75 Å². The van der Waals surface area contributed by atoms with E-state index >= 15 is 0 Å². The molecule has 5 aromatic rings. The van der Waals surface area contributed by atoms with E-state index in [9.17, 15) is 4.39 Å². The normalized spacial score (nSPS) is 14.3. The molecule has 0 aliphatic carbocycles. The van der Waals surface area contributed by atoms with Crippen LogP contribution in [-0.2, 0) is 6.61 Å². The second-order valence-electron chi connectivity index (χ2n) is 8.62. The molecule has 0 bridgehead atoms. The van der Waals surface area contributed by atoms with Crippen LogP contribution in [-0.4, -0.2) is 83.9 Å². The lowest BCUT2D eigenvalue weighted by molar-refractivity contribution is 0.266. The lowest BCUT2D eigenvalue weighted by Crippen LogP contribution is -2.48. The van der Waals surface area contributed by atoms with Crippen LogP contribution in [0.1, 0.15) is 5.82 Å². The summed E-state index contributed by atoms with van der Waals surface area (Å²) in [7, 11) is 0. The second-order valence-corrected chi connectivity index (χ2v) is 8.62. The van der Waals surface area contributed by atoms with Crippen molar-refractivity contribution in [2.75, 3.05) is 55.2 Å². The molecule has 1 fully saturated rings. The molecular weight excluding hydrogens is 495 g/mol. The fourth-order valence-corrected chi connectivity index (χ4v) is 4.22. The van der Waals surface area contributed by atoms with Crippen LogP contribution in [0.3, 0.4) is 0 Å². The SMILES string of the molecule is Nc1nc(NCCN2CCN(c3ccc(OCc4nnc[nH]4)cc3F)CC2)nc2nc(-c3ccco3)nn12. The molecule has 4 N–H and O–H groups in total. The van der Waals surface area contributed by atoms with Crippen LogP contribution in [0.15, 0.2) is 47.3 Å². The maximum absolute atomic E-state index is 14.8. The van der Waals surface area contributed by atoms with Gasteiger partial charge in [0.25, 0.3) is 5.78 Å². The Labute approximate surface area is 215 Å². The minimum atomic E-state index is -0.316. The van der Waals surface area contributed by atoms with Gasteiger partial charge in [0.2, 0.25) is 17.7 Å². The van der Waals surface area contributed by atoms with Gasteiger partial charge in [0.15, 0.2) is 11.6 Å². The van der Waals surface area contributed by atoms with Crippen molar-refractivity contribution >= 4 is 23.4 Å². The van der Waals surface area contributed by atoms with E-state index in [1.807, 2.05) is 4.90 Å². The topological polar surface area (TPSA) is 164 Å². The highest BCUT2D eigenvalue weighted by Gasteiger charge is 2.20. The van der Waals surface area contributed by atoms with Crippen molar-refractivity contribution in [3.8, 4) is 17.3 Å². The number of furan rings is 1. The first-order chi connectivity index (χ1) is 18.6. The number of nitrogens with one attached hydrogen (secondary N) is 2. The first kappa shape index (κ1) is 23.6. The zero-order valence-electron chi connectivity index (χ0n) is 20.3. The number of H-pyrrole nitrogens is 1. The molecule has 14 nitrogen and oxygen atoms in total. The minimum Gasteiger partial charge on any atom is -0.486 e. The summed E-state index contributed by atoms with van der Waals surface area (Å²) >= 11 is 0. The monoisotopic (exact) mass is 520 g/mol. The van der Waals surface area contributed by atoms with Crippen LogP contribution < -0.4 is 20.7 Å². The van der Waals surface area contributed by atoms with Gasteiger partial charge >= 0.3 is 0 Å². The van der Waals surface area contributed by atoms with Gasteiger partial charge in [-0.1, -0.05) is 0 Å². The van der Waals surface area contributed by atoms with Gasteiger partial charge in [0, 0.05) is 45.3 Å². The van der Waals surface area contributed by atoms with Crippen molar-refractivity contribution in [3.05, 3.63) is 54.6 Å². The number of fused-ring (bicyclic) bond motifs is 1. The maximum atomic E-state index is 14.8. The third-order valence-electron chi connectivity index (χ3n) is 6.16. The molecule has 1 aliphatic heterocycles. The Morgan fingerprint density at radius 2 is 2.03 bits per heavy atom. The quantitative estimate of drug-likeness (QED) is 0.256. The van der Waals surface area contributed by atoms with Crippen LogP contribution in [0.4, 0.5) is 22.0 Å². The van der Waals surface area contributed by atoms with Gasteiger partial charge in [-0.25, -0.2) is 4.39 Å². The lowest BCUT2D eigenvalue weighted by Gasteiger charge is -2.36. The summed E-state index contributed by atoms with van der Waals surface area (Å²) < 4.78 is 27.1. The van der Waals surface area contributed by atoms with E-state index in [0.29, 0.717) is 60.2 Å². The predicted molar refractivity (Wildman–Crippen MR) is 135 cm³/mol. The van der Waals surface area contributed by atoms with Crippen molar-refractivity contribution in [3.63, 3.8) is 0 Å². The zero-order valence-corrected chi connectivity index (χ0v) is 20.3. The van der Waals surface area contributed by atoms with E-state index in [2.05, 4.69) is 45.4 Å². The van der Waals surface area contributed by atoms with Crippen molar-refractivity contribution in [1.29, 1.82) is 0 Å². The number of nitrogen functional groups attached to an aromatic ring is 1. The Hall–Kier alpha value is -4.79. The average Bonchev–Trinajstić information content (AvgIpc) is 3.70. The molecule has 5 heterocycles. The molecule has 1 aliphatic rings. The van der Waals surface area contributed by atoms with Crippen LogP contribution in [0, 0.1) is 5.82 Å². The lowest BCUT2D eigenvalue weighted by atomic mass is 10.2. The number of nitrogens with two attached hydrogens (primary N) is 1. The van der Waals surface area contributed by atoms with Crippen molar-refractivity contribution in [2.24, 2.45) is 0 Å². The molecule has 0 saturated carbocycles. The highest BCUT2D eigenvalue weighted by Crippen LogP contribution is 2.25. The summed E-state index contributed by atoms with van der Waals surface area (Å²) in [4.78, 5) is 20.2. The predicted octanol–water partition coefficient (Wildman–Crippen LogP) is 1.43. The Bertz CT molecular complexity index is 1500. The van der Waals surface area contributed by atoms with E-state index in [1.165, 1.54) is 16.9 Å². The molecule has 0 atom stereocenters. The number of rotatable bonds is 9. The van der Waals surface area contributed by atoms with E-state index in [-0.39, 0.29) is 18.4 Å². The summed E-state index contributed by atoms with van der Waals surface area (Å²) in [5, 5.41) is 15.0. The summed E-state index contributed by atoms with van der Waals surface area (Å²) in [5.74, 6) is 2.49. The summed E-state index contributed by atoms with van der Waals surface area (Å²) in [6.45, 7) is 4.58. The molecular formula is C23H25FN12O2. The van der Waals surface area contributed by atoms with Gasteiger partial charge in [-0.3, -0.25) is 4.90 Å². The Balaban J connectivity index is 0.992.